The minimum atomic E-state index is 0.201. The Morgan fingerprint density at radius 3 is 1.86 bits per heavy atom. The van der Waals surface area contributed by atoms with Gasteiger partial charge in [-0.15, -0.1) is 0 Å². The summed E-state index contributed by atoms with van der Waals surface area (Å²) in [4.78, 5) is 0. The average Bonchev–Trinajstić information content (AvgIpc) is 2.43. The van der Waals surface area contributed by atoms with Crippen LogP contribution in [-0.4, -0.2) is 14.2 Å². The van der Waals surface area contributed by atoms with Crippen molar-refractivity contribution in [2.75, 3.05) is 14.2 Å². The van der Waals surface area contributed by atoms with Crippen LogP contribution >= 0.6 is 0 Å². The van der Waals surface area contributed by atoms with Gasteiger partial charge in [0, 0.05) is 0 Å². The highest BCUT2D eigenvalue weighted by Crippen LogP contribution is 2.30. The Labute approximate surface area is 128 Å². The van der Waals surface area contributed by atoms with Gasteiger partial charge in [-0.1, -0.05) is 30.3 Å². The van der Waals surface area contributed by atoms with Crippen molar-refractivity contribution in [1.82, 2.24) is 5.32 Å². The van der Waals surface area contributed by atoms with Crippen molar-refractivity contribution in [2.24, 2.45) is 0 Å². The summed E-state index contributed by atoms with van der Waals surface area (Å²) in [5.74, 6) is 0.980. The first-order chi connectivity index (χ1) is 9.97. The van der Waals surface area contributed by atoms with Crippen LogP contribution in [-0.2, 0) is 0 Å². The summed E-state index contributed by atoms with van der Waals surface area (Å²) in [5, 5.41) is 3.43. The summed E-state index contributed by atoms with van der Waals surface area (Å²) in [5.41, 5.74) is 7.58. The lowest BCUT2D eigenvalue weighted by Crippen LogP contribution is -2.18. The predicted molar refractivity (Wildman–Crippen MR) is 89.3 cm³/mol. The highest BCUT2D eigenvalue weighted by molar-refractivity contribution is 5.47. The van der Waals surface area contributed by atoms with Gasteiger partial charge in [-0.25, -0.2) is 0 Å². The third-order valence-corrected chi connectivity index (χ3v) is 4.17. The number of rotatable bonds is 4. The minimum Gasteiger partial charge on any atom is -0.496 e. The molecule has 0 saturated heterocycles. The van der Waals surface area contributed by atoms with Gasteiger partial charge in [0.05, 0.1) is 13.2 Å². The summed E-state index contributed by atoms with van der Waals surface area (Å²) in [6, 6.07) is 11.3. The lowest BCUT2D eigenvalue weighted by molar-refractivity contribution is 0.408. The standard InChI is InChI=1S/C19H25NO/c1-12-7-8-16(9-13(12)2)18(20-5)17-10-14(3)19(21-6)15(4)11-17/h7-11,18,20H,1-6H3. The Hall–Kier alpha value is -1.80. The fourth-order valence-corrected chi connectivity index (χ4v) is 2.94. The monoisotopic (exact) mass is 283 g/mol. The number of hydrogen-bond donors (Lipinski definition) is 1. The minimum absolute atomic E-state index is 0.201. The number of hydrogen-bond acceptors (Lipinski definition) is 2. The van der Waals surface area contributed by atoms with Crippen LogP contribution in [0.2, 0.25) is 0 Å². The number of methoxy groups -OCH3 is 1. The van der Waals surface area contributed by atoms with Crippen LogP contribution in [0.1, 0.15) is 39.4 Å². The van der Waals surface area contributed by atoms with Gasteiger partial charge in [-0.2, -0.15) is 0 Å². The first-order valence-electron chi connectivity index (χ1n) is 7.37. The molecule has 2 nitrogen and oxygen atoms in total. The van der Waals surface area contributed by atoms with Crippen molar-refractivity contribution < 1.29 is 4.74 Å². The topological polar surface area (TPSA) is 21.3 Å². The molecule has 112 valence electrons. The SMILES string of the molecule is CNC(c1ccc(C)c(C)c1)c1cc(C)c(OC)c(C)c1. The molecule has 0 aromatic heterocycles. The molecule has 2 heteroatoms. The van der Waals surface area contributed by atoms with Gasteiger partial charge in [0.2, 0.25) is 0 Å². The van der Waals surface area contributed by atoms with Crippen LogP contribution in [0.25, 0.3) is 0 Å². The van der Waals surface area contributed by atoms with E-state index in [0.29, 0.717) is 0 Å². The molecular formula is C19H25NO. The number of nitrogens with one attached hydrogen (secondary N) is 1. The van der Waals surface area contributed by atoms with E-state index in [0.717, 1.165) is 5.75 Å². The molecule has 0 aliphatic carbocycles. The molecule has 2 aromatic rings. The molecule has 1 atom stereocenters. The molecule has 0 radical (unpaired) electrons. The van der Waals surface area contributed by atoms with E-state index < -0.39 is 0 Å². The van der Waals surface area contributed by atoms with E-state index in [1.54, 1.807) is 7.11 Å². The van der Waals surface area contributed by atoms with Crippen molar-refractivity contribution in [3.8, 4) is 5.75 Å². The normalized spacial score (nSPS) is 12.3. The fourth-order valence-electron chi connectivity index (χ4n) is 2.94. The molecule has 0 spiro atoms. The van der Waals surface area contributed by atoms with E-state index >= 15 is 0 Å². The summed E-state index contributed by atoms with van der Waals surface area (Å²) in [6.07, 6.45) is 0. The van der Waals surface area contributed by atoms with Crippen molar-refractivity contribution in [1.29, 1.82) is 0 Å². The molecule has 2 rings (SSSR count). The molecule has 1 unspecified atom stereocenters. The molecule has 21 heavy (non-hydrogen) atoms. The van der Waals surface area contributed by atoms with E-state index in [1.165, 1.54) is 33.4 Å². The van der Waals surface area contributed by atoms with Gasteiger partial charge >= 0.3 is 0 Å². The smallest absolute Gasteiger partial charge is 0.124 e. The molecule has 0 saturated carbocycles. The maximum absolute atomic E-state index is 5.46. The largest absolute Gasteiger partial charge is 0.496 e. The van der Waals surface area contributed by atoms with E-state index in [2.05, 4.69) is 63.3 Å². The summed E-state index contributed by atoms with van der Waals surface area (Å²) >= 11 is 0. The van der Waals surface area contributed by atoms with Crippen LogP contribution in [0.15, 0.2) is 30.3 Å². The zero-order chi connectivity index (χ0) is 15.6. The molecule has 0 bridgehead atoms. The molecule has 0 fully saturated rings. The van der Waals surface area contributed by atoms with Crippen LogP contribution in [0.3, 0.4) is 0 Å². The molecular weight excluding hydrogens is 258 g/mol. The summed E-state index contributed by atoms with van der Waals surface area (Å²) in [7, 11) is 3.74. The van der Waals surface area contributed by atoms with E-state index in [4.69, 9.17) is 4.74 Å². The first kappa shape index (κ1) is 15.6. The van der Waals surface area contributed by atoms with Gasteiger partial charge in [0.15, 0.2) is 0 Å². The third-order valence-electron chi connectivity index (χ3n) is 4.17. The molecule has 0 amide bonds. The van der Waals surface area contributed by atoms with E-state index in [-0.39, 0.29) is 6.04 Å². The second-order valence-electron chi connectivity index (χ2n) is 5.75. The summed E-state index contributed by atoms with van der Waals surface area (Å²) < 4.78 is 5.46. The molecule has 0 aliphatic heterocycles. The average molecular weight is 283 g/mol. The van der Waals surface area contributed by atoms with Gasteiger partial charge in [0.1, 0.15) is 5.75 Å². The van der Waals surface area contributed by atoms with Gasteiger partial charge in [0.25, 0.3) is 0 Å². The third kappa shape index (κ3) is 3.11. The van der Waals surface area contributed by atoms with Crippen molar-refractivity contribution in [3.05, 3.63) is 63.7 Å². The Balaban J connectivity index is 2.48. The van der Waals surface area contributed by atoms with Crippen LogP contribution in [0.4, 0.5) is 0 Å². The lowest BCUT2D eigenvalue weighted by Gasteiger charge is -2.21. The molecule has 1 N–H and O–H groups in total. The predicted octanol–water partition coefficient (Wildman–Crippen LogP) is 4.24. The number of benzene rings is 2. The number of ether oxygens (including phenoxy) is 1. The molecule has 0 heterocycles. The van der Waals surface area contributed by atoms with Gasteiger partial charge < -0.3 is 10.1 Å². The second kappa shape index (κ2) is 6.31. The maximum Gasteiger partial charge on any atom is 0.124 e. The summed E-state index contributed by atoms with van der Waals surface area (Å²) in [6.45, 7) is 8.51. The quantitative estimate of drug-likeness (QED) is 0.906. The lowest BCUT2D eigenvalue weighted by atomic mass is 9.93. The fraction of sp³-hybridized carbons (Fsp3) is 0.368. The Morgan fingerprint density at radius 2 is 1.38 bits per heavy atom. The molecule has 2 aromatic carbocycles. The van der Waals surface area contributed by atoms with Crippen LogP contribution in [0, 0.1) is 27.7 Å². The van der Waals surface area contributed by atoms with Crippen molar-refractivity contribution in [2.45, 2.75) is 33.7 Å². The maximum atomic E-state index is 5.46. The van der Waals surface area contributed by atoms with Crippen molar-refractivity contribution >= 4 is 0 Å². The number of aryl methyl sites for hydroxylation is 4. The second-order valence-corrected chi connectivity index (χ2v) is 5.75. The van der Waals surface area contributed by atoms with Crippen LogP contribution in [0.5, 0.6) is 5.75 Å². The highest BCUT2D eigenvalue weighted by atomic mass is 16.5. The highest BCUT2D eigenvalue weighted by Gasteiger charge is 2.15. The first-order valence-corrected chi connectivity index (χ1v) is 7.37. The van der Waals surface area contributed by atoms with Crippen LogP contribution < -0.4 is 10.1 Å². The van der Waals surface area contributed by atoms with Gasteiger partial charge in [-0.05, 0) is 68.1 Å². The zero-order valence-corrected chi connectivity index (χ0v) is 13.9. The Kier molecular flexibility index (Phi) is 4.69. The van der Waals surface area contributed by atoms with Crippen molar-refractivity contribution in [3.63, 3.8) is 0 Å². The Bertz CT molecular complexity index is 623. The zero-order valence-electron chi connectivity index (χ0n) is 13.9. The Morgan fingerprint density at radius 1 is 0.810 bits per heavy atom. The van der Waals surface area contributed by atoms with E-state index in [1.807, 2.05) is 7.05 Å². The van der Waals surface area contributed by atoms with Gasteiger partial charge in [-0.3, -0.25) is 0 Å². The molecule has 0 aliphatic rings. The van der Waals surface area contributed by atoms with E-state index in [9.17, 15) is 0 Å².